The fourth-order valence-electron chi connectivity index (χ4n) is 2.35. The number of sulfone groups is 1. The summed E-state index contributed by atoms with van der Waals surface area (Å²) in [7, 11) is -3.30. The van der Waals surface area contributed by atoms with Crippen molar-refractivity contribution < 1.29 is 8.42 Å². The highest BCUT2D eigenvalue weighted by Gasteiger charge is 2.21. The monoisotopic (exact) mass is 308 g/mol. The van der Waals surface area contributed by atoms with E-state index in [4.69, 9.17) is 0 Å². The Balaban J connectivity index is 1.78. The van der Waals surface area contributed by atoms with Crippen LogP contribution in [0.4, 0.5) is 0 Å². The number of hydrogen-bond acceptors (Lipinski definition) is 5. The predicted octanol–water partition coefficient (Wildman–Crippen LogP) is 2.54. The first-order chi connectivity index (χ1) is 9.65. The van der Waals surface area contributed by atoms with Gasteiger partial charge >= 0.3 is 0 Å². The molecule has 20 heavy (non-hydrogen) atoms. The molecule has 0 radical (unpaired) electrons. The maximum absolute atomic E-state index is 12.3. The average Bonchev–Trinajstić information content (AvgIpc) is 3.10. The molecule has 1 aromatic carbocycles. The summed E-state index contributed by atoms with van der Waals surface area (Å²) in [4.78, 5) is 4.83. The van der Waals surface area contributed by atoms with Gasteiger partial charge in [-0.3, -0.25) is 0 Å². The smallest absolute Gasteiger partial charge is 0.184 e. The number of nitrogens with one attached hydrogen (secondary N) is 1. The van der Waals surface area contributed by atoms with Crippen LogP contribution in [0.2, 0.25) is 0 Å². The van der Waals surface area contributed by atoms with Crippen LogP contribution in [-0.2, 0) is 15.6 Å². The molecule has 1 saturated heterocycles. The van der Waals surface area contributed by atoms with Crippen molar-refractivity contribution in [2.24, 2.45) is 0 Å². The summed E-state index contributed by atoms with van der Waals surface area (Å²) in [6.45, 7) is 1.02. The first-order valence-corrected chi connectivity index (χ1v) is 9.14. The van der Waals surface area contributed by atoms with E-state index >= 15 is 0 Å². The van der Waals surface area contributed by atoms with Crippen LogP contribution in [0.15, 0.2) is 40.6 Å². The summed E-state index contributed by atoms with van der Waals surface area (Å²) >= 11 is 1.54. The van der Waals surface area contributed by atoms with Gasteiger partial charge in [-0.25, -0.2) is 13.4 Å². The zero-order valence-electron chi connectivity index (χ0n) is 11.0. The van der Waals surface area contributed by atoms with E-state index in [1.54, 1.807) is 35.6 Å². The van der Waals surface area contributed by atoms with Gasteiger partial charge in [-0.05, 0) is 31.5 Å². The van der Waals surface area contributed by atoms with Crippen molar-refractivity contribution in [2.75, 3.05) is 6.54 Å². The van der Waals surface area contributed by atoms with Crippen LogP contribution < -0.4 is 5.32 Å². The Bertz CT molecular complexity index is 674. The lowest BCUT2D eigenvalue weighted by Gasteiger charge is -2.05. The minimum atomic E-state index is -3.30. The molecular formula is C14H16N2O2S2. The van der Waals surface area contributed by atoms with Crippen LogP contribution in [0.1, 0.15) is 29.6 Å². The third kappa shape index (κ3) is 2.92. The minimum absolute atomic E-state index is 0.0275. The van der Waals surface area contributed by atoms with Gasteiger partial charge in [0.15, 0.2) is 9.84 Å². The highest BCUT2D eigenvalue weighted by atomic mass is 32.2. The summed E-state index contributed by atoms with van der Waals surface area (Å²) in [6, 6.07) is 8.84. The Morgan fingerprint density at radius 3 is 2.80 bits per heavy atom. The second-order valence-corrected chi connectivity index (χ2v) is 7.78. The van der Waals surface area contributed by atoms with Gasteiger partial charge in [0, 0.05) is 5.38 Å². The predicted molar refractivity (Wildman–Crippen MR) is 79.4 cm³/mol. The molecule has 1 aliphatic heterocycles. The van der Waals surface area contributed by atoms with E-state index in [1.165, 1.54) is 0 Å². The molecule has 106 valence electrons. The average molecular weight is 308 g/mol. The fraction of sp³-hybridized carbons (Fsp3) is 0.357. The standard InChI is InChI=1S/C14H16N2O2S2/c17-20(18,12-5-2-1-3-6-12)10-11-9-19-14(16-11)13-7-4-8-15-13/h1-3,5-6,9,13,15H,4,7-8,10H2/t13-/m1/s1. The van der Waals surface area contributed by atoms with Crippen molar-refractivity contribution in [1.82, 2.24) is 10.3 Å². The molecule has 0 unspecified atom stereocenters. The Morgan fingerprint density at radius 1 is 1.30 bits per heavy atom. The maximum atomic E-state index is 12.3. The quantitative estimate of drug-likeness (QED) is 0.943. The van der Waals surface area contributed by atoms with Gasteiger partial charge < -0.3 is 5.32 Å². The SMILES string of the molecule is O=S(=O)(Cc1csc([C@H]2CCCN2)n1)c1ccccc1. The summed E-state index contributed by atoms with van der Waals surface area (Å²) in [5.41, 5.74) is 0.641. The van der Waals surface area contributed by atoms with E-state index in [9.17, 15) is 8.42 Å². The van der Waals surface area contributed by atoms with Crippen LogP contribution in [0.3, 0.4) is 0 Å². The highest BCUT2D eigenvalue weighted by Crippen LogP contribution is 2.27. The minimum Gasteiger partial charge on any atom is -0.308 e. The van der Waals surface area contributed by atoms with E-state index in [0.29, 0.717) is 16.6 Å². The molecule has 1 fully saturated rings. The van der Waals surface area contributed by atoms with Crippen LogP contribution in [0, 0.1) is 0 Å². The largest absolute Gasteiger partial charge is 0.308 e. The Labute approximate surface area is 122 Å². The van der Waals surface area contributed by atoms with Gasteiger partial charge in [0.25, 0.3) is 0 Å². The molecule has 1 aromatic heterocycles. The van der Waals surface area contributed by atoms with Gasteiger partial charge in [0.1, 0.15) is 5.01 Å². The topological polar surface area (TPSA) is 59.1 Å². The molecule has 3 rings (SSSR count). The van der Waals surface area contributed by atoms with Crippen molar-refractivity contribution >= 4 is 21.2 Å². The number of nitrogens with zero attached hydrogens (tertiary/aromatic N) is 1. The molecule has 1 atom stereocenters. The van der Waals surface area contributed by atoms with E-state index in [-0.39, 0.29) is 5.75 Å². The molecule has 0 amide bonds. The lowest BCUT2D eigenvalue weighted by Crippen LogP contribution is -2.13. The Kier molecular flexibility index (Phi) is 3.87. The second kappa shape index (κ2) is 5.63. The van der Waals surface area contributed by atoms with Crippen molar-refractivity contribution in [3.8, 4) is 0 Å². The third-order valence-corrected chi connectivity index (χ3v) is 6.04. The van der Waals surface area contributed by atoms with Crippen molar-refractivity contribution in [3.63, 3.8) is 0 Å². The summed E-state index contributed by atoms with van der Waals surface area (Å²) < 4.78 is 24.6. The van der Waals surface area contributed by atoms with Crippen LogP contribution in [0.25, 0.3) is 0 Å². The number of hydrogen-bond donors (Lipinski definition) is 1. The Morgan fingerprint density at radius 2 is 2.10 bits per heavy atom. The molecule has 0 saturated carbocycles. The van der Waals surface area contributed by atoms with E-state index in [1.807, 2.05) is 11.4 Å². The van der Waals surface area contributed by atoms with Crippen molar-refractivity contribution in [1.29, 1.82) is 0 Å². The molecule has 2 aromatic rings. The number of aromatic nitrogens is 1. The van der Waals surface area contributed by atoms with Crippen LogP contribution in [-0.4, -0.2) is 19.9 Å². The zero-order valence-corrected chi connectivity index (χ0v) is 12.6. The zero-order chi connectivity index (χ0) is 14.0. The molecule has 0 aliphatic carbocycles. The maximum Gasteiger partial charge on any atom is 0.184 e. The van der Waals surface area contributed by atoms with Gasteiger partial charge in [-0.1, -0.05) is 18.2 Å². The van der Waals surface area contributed by atoms with Gasteiger partial charge in [0.05, 0.1) is 22.4 Å². The molecule has 2 heterocycles. The van der Waals surface area contributed by atoms with Crippen molar-refractivity contribution in [2.45, 2.75) is 29.5 Å². The summed E-state index contributed by atoms with van der Waals surface area (Å²) in [6.07, 6.45) is 2.24. The summed E-state index contributed by atoms with van der Waals surface area (Å²) in [5.74, 6) is -0.0275. The van der Waals surface area contributed by atoms with Gasteiger partial charge in [-0.15, -0.1) is 11.3 Å². The van der Waals surface area contributed by atoms with Crippen LogP contribution in [0.5, 0.6) is 0 Å². The Hall–Kier alpha value is -1.24. The molecular weight excluding hydrogens is 292 g/mol. The molecule has 6 heteroatoms. The lowest BCUT2D eigenvalue weighted by atomic mass is 10.2. The van der Waals surface area contributed by atoms with Gasteiger partial charge in [0.2, 0.25) is 0 Å². The van der Waals surface area contributed by atoms with E-state index < -0.39 is 9.84 Å². The molecule has 1 aliphatic rings. The number of rotatable bonds is 4. The molecule has 0 spiro atoms. The normalized spacial score (nSPS) is 19.3. The second-order valence-electron chi connectivity index (χ2n) is 4.90. The van der Waals surface area contributed by atoms with Crippen LogP contribution >= 0.6 is 11.3 Å². The molecule has 1 N–H and O–H groups in total. The summed E-state index contributed by atoms with van der Waals surface area (Å²) in [5, 5.41) is 6.24. The lowest BCUT2D eigenvalue weighted by molar-refractivity contribution is 0.594. The fourth-order valence-corrected chi connectivity index (χ4v) is 4.66. The van der Waals surface area contributed by atoms with E-state index in [0.717, 1.165) is 24.4 Å². The number of benzene rings is 1. The first-order valence-electron chi connectivity index (χ1n) is 6.61. The van der Waals surface area contributed by atoms with Crippen molar-refractivity contribution in [3.05, 3.63) is 46.4 Å². The molecule has 0 bridgehead atoms. The van der Waals surface area contributed by atoms with Gasteiger partial charge in [-0.2, -0.15) is 0 Å². The third-order valence-electron chi connectivity index (χ3n) is 3.37. The molecule has 4 nitrogen and oxygen atoms in total. The van der Waals surface area contributed by atoms with E-state index in [2.05, 4.69) is 10.3 Å². The highest BCUT2D eigenvalue weighted by molar-refractivity contribution is 7.90. The number of thiazole rings is 1. The first kappa shape index (κ1) is 13.7.